The van der Waals surface area contributed by atoms with Crippen molar-refractivity contribution in [2.75, 3.05) is 13.1 Å². The first-order valence-electron chi connectivity index (χ1n) is 3.14. The van der Waals surface area contributed by atoms with Gasteiger partial charge in [-0.05, 0) is 22.6 Å². The molecule has 0 aliphatic carbocycles. The Hall–Kier alpha value is -0.170. The van der Waals surface area contributed by atoms with Gasteiger partial charge >= 0.3 is 0 Å². The Morgan fingerprint density at radius 2 is 2.50 bits per heavy atom. The van der Waals surface area contributed by atoms with E-state index in [-0.39, 0.29) is 0 Å². The fraction of sp³-hybridized carbons (Fsp3) is 0.600. The van der Waals surface area contributed by atoms with Crippen LogP contribution in [0.2, 0.25) is 0 Å². The minimum Gasteiger partial charge on any atom is -0.312 e. The van der Waals surface area contributed by atoms with Gasteiger partial charge in [0.25, 0.3) is 0 Å². The summed E-state index contributed by atoms with van der Waals surface area (Å²) in [5.74, 6) is 0. The van der Waals surface area contributed by atoms with E-state index in [0.717, 1.165) is 16.8 Å². The van der Waals surface area contributed by atoms with Crippen LogP contribution in [-0.2, 0) is 0 Å². The van der Waals surface area contributed by atoms with Crippen molar-refractivity contribution in [1.29, 1.82) is 0 Å². The van der Waals surface area contributed by atoms with Gasteiger partial charge in [-0.2, -0.15) is 0 Å². The zero-order chi connectivity index (χ0) is 6.97. The van der Waals surface area contributed by atoms with E-state index in [2.05, 4.69) is 38.2 Å². The van der Waals surface area contributed by atoms with Crippen LogP contribution in [0.15, 0.2) is 6.20 Å². The van der Waals surface area contributed by atoms with Crippen LogP contribution >= 0.6 is 22.6 Å². The van der Waals surface area contributed by atoms with Gasteiger partial charge in [-0.3, -0.25) is 0 Å². The Morgan fingerprint density at radius 3 is 2.90 bits per heavy atom. The first kappa shape index (κ1) is 6.53. The Labute approximate surface area is 72.1 Å². The molecular weight excluding hydrogens is 243 g/mol. The predicted molar refractivity (Wildman–Crippen MR) is 44.6 cm³/mol. The van der Waals surface area contributed by atoms with E-state index in [1.165, 1.54) is 0 Å². The van der Waals surface area contributed by atoms with Crippen molar-refractivity contribution in [3.05, 3.63) is 9.90 Å². The van der Waals surface area contributed by atoms with Gasteiger partial charge in [0, 0.05) is 13.1 Å². The number of rotatable bonds is 1. The fourth-order valence-corrected chi connectivity index (χ4v) is 1.54. The molecule has 10 heavy (non-hydrogen) atoms. The van der Waals surface area contributed by atoms with Gasteiger partial charge in [-0.15, -0.1) is 5.10 Å². The van der Waals surface area contributed by atoms with Crippen molar-refractivity contribution in [2.24, 2.45) is 0 Å². The molecule has 1 saturated heterocycles. The van der Waals surface area contributed by atoms with Crippen LogP contribution in [0.3, 0.4) is 0 Å². The molecule has 54 valence electrons. The average Bonchev–Trinajstić information content (AvgIpc) is 2.12. The monoisotopic (exact) mass is 250 g/mol. The van der Waals surface area contributed by atoms with Crippen LogP contribution in [0.5, 0.6) is 0 Å². The Morgan fingerprint density at radius 1 is 1.70 bits per heavy atom. The molecule has 0 unspecified atom stereocenters. The molecule has 1 N–H and O–H groups in total. The number of hydrogen-bond donors (Lipinski definition) is 1. The van der Waals surface area contributed by atoms with E-state index in [1.54, 1.807) is 6.20 Å². The van der Waals surface area contributed by atoms with Gasteiger partial charge in [0.05, 0.1) is 12.2 Å². The highest BCUT2D eigenvalue weighted by Gasteiger charge is 2.20. The molecule has 0 atom stereocenters. The predicted octanol–water partition coefficient (Wildman–Crippen LogP) is 0.0270. The third-order valence-corrected chi connectivity index (χ3v) is 2.41. The van der Waals surface area contributed by atoms with Gasteiger partial charge < -0.3 is 5.32 Å². The van der Waals surface area contributed by atoms with Crippen molar-refractivity contribution in [1.82, 2.24) is 20.3 Å². The van der Waals surface area contributed by atoms with E-state index in [0.29, 0.717) is 6.04 Å². The number of nitrogens with zero attached hydrogens (tertiary/aromatic N) is 3. The van der Waals surface area contributed by atoms with E-state index < -0.39 is 0 Å². The molecular formula is C5H7IN4. The second-order valence-electron chi connectivity index (χ2n) is 2.31. The molecule has 0 bridgehead atoms. The molecule has 0 amide bonds. The molecule has 2 rings (SSSR count). The summed E-state index contributed by atoms with van der Waals surface area (Å²) in [7, 11) is 0. The largest absolute Gasteiger partial charge is 0.312 e. The fourth-order valence-electron chi connectivity index (χ4n) is 0.925. The topological polar surface area (TPSA) is 42.7 Å². The average molecular weight is 250 g/mol. The summed E-state index contributed by atoms with van der Waals surface area (Å²) in [5, 5.41) is 10.9. The van der Waals surface area contributed by atoms with Crippen molar-refractivity contribution in [2.45, 2.75) is 6.04 Å². The summed E-state index contributed by atoms with van der Waals surface area (Å²) in [6, 6.07) is 0.536. The Balaban J connectivity index is 2.23. The number of aromatic nitrogens is 3. The second kappa shape index (κ2) is 2.46. The molecule has 0 saturated carbocycles. The lowest BCUT2D eigenvalue weighted by atomic mass is 10.2. The minimum atomic E-state index is 0.536. The number of nitrogens with one attached hydrogen (secondary N) is 1. The Kier molecular flexibility index (Phi) is 1.61. The lowest BCUT2D eigenvalue weighted by Gasteiger charge is -2.27. The molecule has 1 aliphatic rings. The summed E-state index contributed by atoms with van der Waals surface area (Å²) in [6.45, 7) is 2.05. The lowest BCUT2D eigenvalue weighted by Crippen LogP contribution is -2.44. The normalized spacial score (nSPS) is 18.9. The zero-order valence-electron chi connectivity index (χ0n) is 5.29. The van der Waals surface area contributed by atoms with Crippen LogP contribution in [-0.4, -0.2) is 28.1 Å². The van der Waals surface area contributed by atoms with Crippen molar-refractivity contribution in [3.8, 4) is 0 Å². The SMILES string of the molecule is Ic1cnnn1C1CNC1. The molecule has 1 aromatic rings. The van der Waals surface area contributed by atoms with E-state index in [9.17, 15) is 0 Å². The summed E-state index contributed by atoms with van der Waals surface area (Å²) < 4.78 is 3.07. The van der Waals surface area contributed by atoms with Gasteiger partial charge in [0.15, 0.2) is 0 Å². The molecule has 5 heteroatoms. The Bertz CT molecular complexity index is 229. The van der Waals surface area contributed by atoms with E-state index in [4.69, 9.17) is 0 Å². The van der Waals surface area contributed by atoms with Crippen LogP contribution in [0.25, 0.3) is 0 Å². The first-order chi connectivity index (χ1) is 4.88. The molecule has 1 aromatic heterocycles. The molecule has 4 nitrogen and oxygen atoms in total. The lowest BCUT2D eigenvalue weighted by molar-refractivity contribution is 0.308. The highest BCUT2D eigenvalue weighted by molar-refractivity contribution is 14.1. The number of hydrogen-bond acceptors (Lipinski definition) is 3. The molecule has 2 heterocycles. The maximum Gasteiger partial charge on any atom is 0.120 e. The van der Waals surface area contributed by atoms with Crippen molar-refractivity contribution >= 4 is 22.6 Å². The summed E-state index contributed by atoms with van der Waals surface area (Å²) >= 11 is 2.24. The third kappa shape index (κ3) is 0.929. The highest BCUT2D eigenvalue weighted by atomic mass is 127. The second-order valence-corrected chi connectivity index (χ2v) is 3.42. The van der Waals surface area contributed by atoms with Gasteiger partial charge in [0.2, 0.25) is 0 Å². The van der Waals surface area contributed by atoms with Crippen LogP contribution in [0.1, 0.15) is 6.04 Å². The van der Waals surface area contributed by atoms with E-state index in [1.807, 2.05) is 4.68 Å². The van der Waals surface area contributed by atoms with Crippen molar-refractivity contribution < 1.29 is 0 Å². The van der Waals surface area contributed by atoms with Crippen LogP contribution < -0.4 is 5.32 Å². The van der Waals surface area contributed by atoms with E-state index >= 15 is 0 Å². The summed E-state index contributed by atoms with van der Waals surface area (Å²) in [4.78, 5) is 0. The van der Waals surface area contributed by atoms with Gasteiger partial charge in [-0.1, -0.05) is 5.21 Å². The van der Waals surface area contributed by atoms with Gasteiger partial charge in [0.1, 0.15) is 3.70 Å². The molecule has 0 spiro atoms. The summed E-state index contributed by atoms with van der Waals surface area (Å²) in [5.41, 5.74) is 0. The zero-order valence-corrected chi connectivity index (χ0v) is 7.45. The standard InChI is InChI=1S/C5H7IN4/c6-5-3-8-9-10(5)4-1-7-2-4/h3-4,7H,1-2H2. The molecule has 1 fully saturated rings. The maximum atomic E-state index is 3.96. The van der Waals surface area contributed by atoms with Crippen LogP contribution in [0.4, 0.5) is 0 Å². The molecule has 0 aromatic carbocycles. The molecule has 0 radical (unpaired) electrons. The highest BCUT2D eigenvalue weighted by Crippen LogP contribution is 2.13. The molecule has 1 aliphatic heterocycles. The van der Waals surface area contributed by atoms with Crippen LogP contribution in [0, 0.1) is 3.70 Å². The van der Waals surface area contributed by atoms with Crippen molar-refractivity contribution in [3.63, 3.8) is 0 Å². The third-order valence-electron chi connectivity index (χ3n) is 1.64. The smallest absolute Gasteiger partial charge is 0.120 e. The maximum absolute atomic E-state index is 3.96. The first-order valence-corrected chi connectivity index (χ1v) is 4.22. The van der Waals surface area contributed by atoms with Gasteiger partial charge in [-0.25, -0.2) is 4.68 Å². The summed E-state index contributed by atoms with van der Waals surface area (Å²) in [6.07, 6.45) is 1.78. The minimum absolute atomic E-state index is 0.536. The number of halogens is 1. The quantitative estimate of drug-likeness (QED) is 0.715.